The van der Waals surface area contributed by atoms with Crippen LogP contribution in [0.3, 0.4) is 0 Å². The van der Waals surface area contributed by atoms with Gasteiger partial charge in [0.25, 0.3) is 0 Å². The van der Waals surface area contributed by atoms with Gasteiger partial charge in [0.15, 0.2) is 5.78 Å². The maximum atomic E-state index is 12.8. The highest BCUT2D eigenvalue weighted by Gasteiger charge is 2.23. The topological polar surface area (TPSA) is 42.9 Å². The number of Topliss-reactive ketones (excluding diaryl/α,β-unsaturated/α-hetero) is 1. The Kier molecular flexibility index (Phi) is 4.65. The number of carbonyl (C=O) groups is 1. The first-order valence-corrected chi connectivity index (χ1v) is 11.4. The number of hydrogen-bond acceptors (Lipinski definition) is 5. The Morgan fingerprint density at radius 3 is 2.93 bits per heavy atom. The number of nitrogens with zero attached hydrogens (tertiary/aromatic N) is 2. The maximum Gasteiger partial charge on any atom is 0.173 e. The van der Waals surface area contributed by atoms with Gasteiger partial charge >= 0.3 is 0 Å². The van der Waals surface area contributed by atoms with E-state index in [0.717, 1.165) is 45.0 Å². The Bertz CT molecular complexity index is 1200. The van der Waals surface area contributed by atoms with E-state index in [4.69, 9.17) is 0 Å². The fourth-order valence-corrected chi connectivity index (χ4v) is 6.27. The van der Waals surface area contributed by atoms with Gasteiger partial charge in [-0.3, -0.25) is 4.79 Å². The molecule has 2 heterocycles. The number of carbonyl (C=O) groups excluding carboxylic acids is 1. The summed E-state index contributed by atoms with van der Waals surface area (Å²) in [4.78, 5) is 24.4. The minimum Gasteiger partial charge on any atom is -0.293 e. The molecule has 1 aliphatic carbocycles. The van der Waals surface area contributed by atoms with Crippen molar-refractivity contribution in [2.24, 2.45) is 5.92 Å². The number of thioether (sulfide) groups is 1. The molecular formula is C23H20N2OS2. The molecule has 1 unspecified atom stereocenters. The summed E-state index contributed by atoms with van der Waals surface area (Å²) in [5.41, 5.74) is 2.18. The van der Waals surface area contributed by atoms with E-state index in [1.54, 1.807) is 29.4 Å². The number of aryl methyl sites for hydroxylation is 1. The van der Waals surface area contributed by atoms with Crippen molar-refractivity contribution in [3.63, 3.8) is 0 Å². The molecule has 4 aromatic rings. The van der Waals surface area contributed by atoms with Crippen molar-refractivity contribution in [2.75, 3.05) is 5.75 Å². The summed E-state index contributed by atoms with van der Waals surface area (Å²) in [7, 11) is 0. The molecule has 0 bridgehead atoms. The fourth-order valence-electron chi connectivity index (χ4n) is 3.94. The molecule has 0 saturated heterocycles. The monoisotopic (exact) mass is 404 g/mol. The van der Waals surface area contributed by atoms with E-state index in [9.17, 15) is 4.79 Å². The fraction of sp³-hybridized carbons (Fsp3) is 0.261. The van der Waals surface area contributed by atoms with Crippen molar-refractivity contribution in [1.29, 1.82) is 0 Å². The molecule has 0 amide bonds. The third-order valence-electron chi connectivity index (χ3n) is 5.47. The second-order valence-electron chi connectivity index (χ2n) is 7.48. The van der Waals surface area contributed by atoms with Crippen molar-refractivity contribution in [2.45, 2.75) is 31.2 Å². The van der Waals surface area contributed by atoms with Crippen molar-refractivity contribution in [3.05, 3.63) is 64.8 Å². The van der Waals surface area contributed by atoms with Gasteiger partial charge in [-0.1, -0.05) is 55.1 Å². The lowest BCUT2D eigenvalue weighted by Crippen LogP contribution is -2.09. The summed E-state index contributed by atoms with van der Waals surface area (Å²) in [6.07, 6.45) is 5.08. The zero-order valence-corrected chi connectivity index (χ0v) is 17.3. The van der Waals surface area contributed by atoms with Gasteiger partial charge in [-0.05, 0) is 47.6 Å². The second kappa shape index (κ2) is 7.30. The van der Waals surface area contributed by atoms with Crippen molar-refractivity contribution in [3.8, 4) is 0 Å². The molecule has 0 aliphatic heterocycles. The van der Waals surface area contributed by atoms with Crippen LogP contribution >= 0.6 is 23.1 Å². The lowest BCUT2D eigenvalue weighted by atomic mass is 9.89. The highest BCUT2D eigenvalue weighted by molar-refractivity contribution is 8.00. The summed E-state index contributed by atoms with van der Waals surface area (Å²) in [6, 6.07) is 14.1. The average molecular weight is 405 g/mol. The van der Waals surface area contributed by atoms with Crippen molar-refractivity contribution < 1.29 is 4.79 Å². The average Bonchev–Trinajstić information content (AvgIpc) is 3.09. The van der Waals surface area contributed by atoms with Crippen LogP contribution in [0.5, 0.6) is 0 Å². The molecule has 28 heavy (non-hydrogen) atoms. The first-order chi connectivity index (χ1) is 13.7. The zero-order valence-electron chi connectivity index (χ0n) is 15.6. The molecule has 1 aliphatic rings. The van der Waals surface area contributed by atoms with E-state index in [2.05, 4.69) is 23.0 Å². The van der Waals surface area contributed by atoms with Gasteiger partial charge in [-0.15, -0.1) is 11.3 Å². The second-order valence-corrected chi connectivity index (χ2v) is 9.53. The summed E-state index contributed by atoms with van der Waals surface area (Å²) >= 11 is 3.34. The largest absolute Gasteiger partial charge is 0.293 e. The van der Waals surface area contributed by atoms with Gasteiger partial charge < -0.3 is 0 Å². The molecule has 0 N–H and O–H groups in total. The van der Waals surface area contributed by atoms with Gasteiger partial charge in [0.1, 0.15) is 16.2 Å². The SMILES string of the molecule is CC1CCc2c(sc3ncnc(SCC(=O)c4ccc5ccccc5c4)c23)C1. The van der Waals surface area contributed by atoms with Crippen LogP contribution in [-0.2, 0) is 12.8 Å². The highest BCUT2D eigenvalue weighted by Crippen LogP contribution is 2.40. The van der Waals surface area contributed by atoms with E-state index in [1.165, 1.54) is 22.2 Å². The molecule has 1 atom stereocenters. The standard InChI is InChI=1S/C23H20N2OS2/c1-14-6-9-18-20(10-14)28-23-21(18)22(24-13-25-23)27-12-19(26)17-8-7-15-4-2-3-5-16(15)11-17/h2-5,7-8,11,13-14H,6,9-10,12H2,1H3. The van der Waals surface area contributed by atoms with Gasteiger partial charge in [0.2, 0.25) is 0 Å². The lowest BCUT2D eigenvalue weighted by Gasteiger charge is -2.18. The number of hydrogen-bond donors (Lipinski definition) is 0. The molecule has 3 nitrogen and oxygen atoms in total. The first-order valence-electron chi connectivity index (χ1n) is 9.59. The molecule has 0 spiro atoms. The smallest absolute Gasteiger partial charge is 0.173 e. The van der Waals surface area contributed by atoms with Crippen LogP contribution in [-0.4, -0.2) is 21.5 Å². The van der Waals surface area contributed by atoms with Gasteiger partial charge in [-0.2, -0.15) is 0 Å². The first kappa shape index (κ1) is 17.8. The minimum atomic E-state index is 0.139. The molecule has 2 aromatic carbocycles. The van der Waals surface area contributed by atoms with E-state index >= 15 is 0 Å². The predicted octanol–water partition coefficient (Wildman–Crippen LogP) is 5.94. The molecule has 0 radical (unpaired) electrons. The van der Waals surface area contributed by atoms with Gasteiger partial charge in [-0.25, -0.2) is 9.97 Å². The van der Waals surface area contributed by atoms with Crippen LogP contribution in [0.2, 0.25) is 0 Å². The Morgan fingerprint density at radius 1 is 1.18 bits per heavy atom. The summed E-state index contributed by atoms with van der Waals surface area (Å²) < 4.78 is 0. The molecule has 0 saturated carbocycles. The lowest BCUT2D eigenvalue weighted by molar-refractivity contribution is 0.102. The molecule has 0 fully saturated rings. The zero-order chi connectivity index (χ0) is 19.1. The number of ketones is 1. The van der Waals surface area contributed by atoms with Crippen LogP contribution in [0.1, 0.15) is 34.1 Å². The van der Waals surface area contributed by atoms with Gasteiger partial charge in [0.05, 0.1) is 5.75 Å². The molecule has 140 valence electrons. The minimum absolute atomic E-state index is 0.139. The number of benzene rings is 2. The summed E-state index contributed by atoms with van der Waals surface area (Å²) in [5.74, 6) is 1.27. The normalized spacial score (nSPS) is 16.4. The Morgan fingerprint density at radius 2 is 2.04 bits per heavy atom. The third-order valence-corrected chi connectivity index (χ3v) is 7.62. The predicted molar refractivity (Wildman–Crippen MR) is 118 cm³/mol. The van der Waals surface area contributed by atoms with Crippen LogP contribution in [0.4, 0.5) is 0 Å². The highest BCUT2D eigenvalue weighted by atomic mass is 32.2. The number of rotatable bonds is 4. The quantitative estimate of drug-likeness (QED) is 0.240. The summed E-state index contributed by atoms with van der Waals surface area (Å²) in [6.45, 7) is 2.32. The maximum absolute atomic E-state index is 12.8. The summed E-state index contributed by atoms with van der Waals surface area (Å²) in [5, 5.41) is 4.39. The van der Waals surface area contributed by atoms with Crippen LogP contribution in [0, 0.1) is 5.92 Å². The van der Waals surface area contributed by atoms with Crippen LogP contribution < -0.4 is 0 Å². The Labute approximate surface area is 172 Å². The van der Waals surface area contributed by atoms with Crippen molar-refractivity contribution >= 4 is 49.9 Å². The molecule has 5 heteroatoms. The number of thiophene rings is 1. The Hall–Kier alpha value is -2.24. The van der Waals surface area contributed by atoms with Crippen LogP contribution in [0.25, 0.3) is 21.0 Å². The Balaban J connectivity index is 1.41. The number of fused-ring (bicyclic) bond motifs is 4. The molecule has 2 aromatic heterocycles. The van der Waals surface area contributed by atoms with E-state index < -0.39 is 0 Å². The van der Waals surface area contributed by atoms with Gasteiger partial charge in [0, 0.05) is 15.8 Å². The van der Waals surface area contributed by atoms with Crippen molar-refractivity contribution in [1.82, 2.24) is 9.97 Å². The van der Waals surface area contributed by atoms with E-state index in [-0.39, 0.29) is 5.78 Å². The number of aromatic nitrogens is 2. The van der Waals surface area contributed by atoms with E-state index in [1.807, 2.05) is 36.4 Å². The van der Waals surface area contributed by atoms with E-state index in [0.29, 0.717) is 5.75 Å². The molecule has 5 rings (SSSR count). The van der Waals surface area contributed by atoms with Crippen LogP contribution in [0.15, 0.2) is 53.8 Å². The third kappa shape index (κ3) is 3.23. The molecular weight excluding hydrogens is 384 g/mol.